The van der Waals surface area contributed by atoms with Gasteiger partial charge >= 0.3 is 6.09 Å². The number of ether oxygens (including phenoxy) is 3. The fourth-order valence-corrected chi connectivity index (χ4v) is 4.99. The fraction of sp³-hybridized carbons (Fsp3) is 0.625. The summed E-state index contributed by atoms with van der Waals surface area (Å²) in [5.74, 6) is 2.12. The zero-order chi connectivity index (χ0) is 22.9. The molecule has 0 saturated carbocycles. The number of hydrogen-bond acceptors (Lipinski definition) is 7. The van der Waals surface area contributed by atoms with Gasteiger partial charge in [-0.3, -0.25) is 9.67 Å². The van der Waals surface area contributed by atoms with Crippen molar-refractivity contribution in [2.75, 3.05) is 44.9 Å². The van der Waals surface area contributed by atoms with E-state index in [4.69, 9.17) is 24.3 Å². The van der Waals surface area contributed by atoms with Gasteiger partial charge in [0.2, 0.25) is 0 Å². The van der Waals surface area contributed by atoms with Crippen LogP contribution in [0.5, 0.6) is 5.75 Å². The maximum absolute atomic E-state index is 12.3. The van der Waals surface area contributed by atoms with Gasteiger partial charge in [0, 0.05) is 49.2 Å². The minimum absolute atomic E-state index is 0.298. The quantitative estimate of drug-likeness (QED) is 0.694. The van der Waals surface area contributed by atoms with Crippen LogP contribution in [0, 0.1) is 0 Å². The highest BCUT2D eigenvalue weighted by molar-refractivity contribution is 5.72. The third kappa shape index (κ3) is 4.03. The second-order valence-corrected chi connectivity index (χ2v) is 9.06. The largest absolute Gasteiger partial charge is 0.489 e. The number of hydrogen-bond donors (Lipinski definition) is 0. The molecule has 2 aromatic heterocycles. The first kappa shape index (κ1) is 22.0. The van der Waals surface area contributed by atoms with Gasteiger partial charge in [0.25, 0.3) is 0 Å². The monoisotopic (exact) mass is 455 g/mol. The van der Waals surface area contributed by atoms with Crippen molar-refractivity contribution >= 4 is 17.6 Å². The van der Waals surface area contributed by atoms with Crippen molar-refractivity contribution in [3.8, 4) is 5.75 Å². The topological polar surface area (TPSA) is 82.0 Å². The molecule has 2 aromatic rings. The highest BCUT2D eigenvalue weighted by Gasteiger charge is 2.34. The summed E-state index contributed by atoms with van der Waals surface area (Å²) in [6, 6.07) is 2.38. The molecular weight excluding hydrogens is 422 g/mol. The highest BCUT2D eigenvalue weighted by Crippen LogP contribution is 2.41. The molecule has 1 amide bonds. The van der Waals surface area contributed by atoms with E-state index in [9.17, 15) is 4.79 Å². The molecule has 0 spiro atoms. The van der Waals surface area contributed by atoms with E-state index in [1.165, 1.54) is 12.8 Å². The average Bonchev–Trinajstić information content (AvgIpc) is 3.26. The molecule has 0 N–H and O–H groups in total. The normalized spacial score (nSPS) is 19.5. The van der Waals surface area contributed by atoms with Gasteiger partial charge in [0.15, 0.2) is 5.82 Å². The van der Waals surface area contributed by atoms with Crippen LogP contribution < -0.4 is 9.64 Å². The van der Waals surface area contributed by atoms with Crippen molar-refractivity contribution in [3.05, 3.63) is 29.2 Å². The number of rotatable bonds is 4. The molecule has 0 radical (unpaired) electrons. The molecule has 9 heteroatoms. The van der Waals surface area contributed by atoms with Crippen molar-refractivity contribution < 1.29 is 19.0 Å². The Morgan fingerprint density at radius 3 is 2.85 bits per heavy atom. The highest BCUT2D eigenvalue weighted by atomic mass is 16.5. The van der Waals surface area contributed by atoms with Crippen LogP contribution >= 0.6 is 0 Å². The maximum Gasteiger partial charge on any atom is 0.409 e. The molecule has 5 heterocycles. The van der Waals surface area contributed by atoms with Crippen LogP contribution in [0.2, 0.25) is 0 Å². The summed E-state index contributed by atoms with van der Waals surface area (Å²) in [6.07, 6.45) is 5.31. The van der Waals surface area contributed by atoms with Crippen LogP contribution in [0.15, 0.2) is 12.3 Å². The van der Waals surface area contributed by atoms with E-state index < -0.39 is 0 Å². The molecule has 0 aromatic carbocycles. The lowest BCUT2D eigenvalue weighted by Gasteiger charge is -2.32. The summed E-state index contributed by atoms with van der Waals surface area (Å²) in [5, 5.41) is 5.16. The number of nitrogens with zero attached hydrogens (tertiary/aromatic N) is 5. The van der Waals surface area contributed by atoms with Crippen molar-refractivity contribution in [1.82, 2.24) is 19.7 Å². The molecule has 3 aliphatic rings. The molecule has 5 rings (SSSR count). The van der Waals surface area contributed by atoms with E-state index in [1.54, 1.807) is 4.90 Å². The van der Waals surface area contributed by atoms with Gasteiger partial charge in [0.1, 0.15) is 18.0 Å². The average molecular weight is 456 g/mol. The molecule has 178 valence electrons. The Morgan fingerprint density at radius 2 is 2.09 bits per heavy atom. The maximum atomic E-state index is 12.3. The van der Waals surface area contributed by atoms with Gasteiger partial charge < -0.3 is 24.0 Å². The first-order chi connectivity index (χ1) is 16.1. The van der Waals surface area contributed by atoms with Gasteiger partial charge in [0.05, 0.1) is 32.4 Å². The van der Waals surface area contributed by atoms with Crippen LogP contribution in [0.3, 0.4) is 0 Å². The van der Waals surface area contributed by atoms with Gasteiger partial charge in [-0.25, -0.2) is 4.79 Å². The molecule has 9 nitrogen and oxygen atoms in total. The number of fused-ring (bicyclic) bond motifs is 2. The van der Waals surface area contributed by atoms with E-state index in [0.29, 0.717) is 38.2 Å². The number of anilines is 2. The zero-order valence-electron chi connectivity index (χ0n) is 19.7. The van der Waals surface area contributed by atoms with E-state index >= 15 is 0 Å². The molecule has 1 atom stereocenters. The fourth-order valence-electron chi connectivity index (χ4n) is 4.99. The Morgan fingerprint density at radius 1 is 1.27 bits per heavy atom. The van der Waals surface area contributed by atoms with Gasteiger partial charge in [-0.15, -0.1) is 0 Å². The predicted molar refractivity (Wildman–Crippen MR) is 123 cm³/mol. The summed E-state index contributed by atoms with van der Waals surface area (Å²) in [6.45, 7) is 8.25. The summed E-state index contributed by atoms with van der Waals surface area (Å²) in [7, 11) is 1.43. The number of carbonyl (C=O) groups excluding carboxylic acids is 1. The number of amides is 1. The SMILES string of the molecule is CCC(C)c1cc2c(cn1)N(c1nn(C3CCOCC3)c3c1CN(C(=O)OC)CC3)CCO2. The van der Waals surface area contributed by atoms with Crippen molar-refractivity contribution in [3.63, 3.8) is 0 Å². The van der Waals surface area contributed by atoms with Crippen molar-refractivity contribution in [2.45, 2.75) is 58.0 Å². The Balaban J connectivity index is 1.56. The van der Waals surface area contributed by atoms with Crippen LogP contribution in [-0.4, -0.2) is 65.8 Å². The first-order valence-electron chi connectivity index (χ1n) is 12.0. The summed E-state index contributed by atoms with van der Waals surface area (Å²) in [5.41, 5.74) is 4.29. The second kappa shape index (κ2) is 9.21. The van der Waals surface area contributed by atoms with E-state index in [2.05, 4.69) is 29.5 Å². The van der Waals surface area contributed by atoms with Gasteiger partial charge in [-0.1, -0.05) is 13.8 Å². The zero-order valence-corrected chi connectivity index (χ0v) is 19.7. The van der Waals surface area contributed by atoms with E-state index in [1.807, 2.05) is 6.20 Å². The smallest absolute Gasteiger partial charge is 0.409 e. The minimum atomic E-state index is -0.298. The van der Waals surface area contributed by atoms with Crippen molar-refractivity contribution in [1.29, 1.82) is 0 Å². The Kier molecular flexibility index (Phi) is 6.14. The van der Waals surface area contributed by atoms with Gasteiger partial charge in [-0.05, 0) is 25.2 Å². The van der Waals surface area contributed by atoms with E-state index in [-0.39, 0.29) is 6.09 Å². The molecule has 0 aliphatic carbocycles. The molecule has 1 unspecified atom stereocenters. The Bertz CT molecular complexity index is 1020. The second-order valence-electron chi connectivity index (χ2n) is 9.06. The molecule has 33 heavy (non-hydrogen) atoms. The first-order valence-corrected chi connectivity index (χ1v) is 12.0. The minimum Gasteiger partial charge on any atom is -0.489 e. The van der Waals surface area contributed by atoms with Gasteiger partial charge in [-0.2, -0.15) is 5.10 Å². The number of pyridine rings is 1. The molecular formula is C24H33N5O4. The predicted octanol–water partition coefficient (Wildman–Crippen LogP) is 3.80. The number of aromatic nitrogens is 3. The lowest BCUT2D eigenvalue weighted by Crippen LogP contribution is -2.37. The summed E-state index contributed by atoms with van der Waals surface area (Å²) < 4.78 is 18.9. The van der Waals surface area contributed by atoms with Crippen molar-refractivity contribution in [2.24, 2.45) is 0 Å². The third-order valence-corrected chi connectivity index (χ3v) is 7.14. The third-order valence-electron chi connectivity index (χ3n) is 7.14. The summed E-state index contributed by atoms with van der Waals surface area (Å²) >= 11 is 0. The number of carbonyl (C=O) groups is 1. The van der Waals surface area contributed by atoms with Crippen LogP contribution in [0.1, 0.15) is 62.0 Å². The Labute approximate surface area is 194 Å². The molecule has 1 saturated heterocycles. The summed E-state index contributed by atoms with van der Waals surface area (Å²) in [4.78, 5) is 21.0. The van der Waals surface area contributed by atoms with E-state index in [0.717, 1.165) is 67.4 Å². The standard InChI is InChI=1S/C24H33N5O4/c1-4-16(2)19-13-22-21(14-25-19)28(9-12-33-22)23-18-15-27(24(30)31-3)8-5-20(18)29(26-23)17-6-10-32-11-7-17/h13-14,16-17H,4-12,15H2,1-3H3. The van der Waals surface area contributed by atoms with Crippen LogP contribution in [-0.2, 0) is 22.4 Å². The lowest BCUT2D eigenvalue weighted by atomic mass is 10.0. The Hall–Kier alpha value is -2.81. The molecule has 3 aliphatic heterocycles. The lowest BCUT2D eigenvalue weighted by molar-refractivity contribution is 0.0649. The number of methoxy groups -OCH3 is 1. The molecule has 1 fully saturated rings. The van der Waals surface area contributed by atoms with Crippen LogP contribution in [0.25, 0.3) is 0 Å². The van der Waals surface area contributed by atoms with Crippen LogP contribution in [0.4, 0.5) is 16.3 Å². The molecule has 0 bridgehead atoms.